The molecule has 0 saturated carbocycles. The lowest BCUT2D eigenvalue weighted by Crippen LogP contribution is -2.14. The molecule has 0 atom stereocenters. The van der Waals surface area contributed by atoms with E-state index >= 15 is 0 Å². The van der Waals surface area contributed by atoms with Gasteiger partial charge in [0.25, 0.3) is 5.69 Å². The fraction of sp³-hybridized carbons (Fsp3) is 0.105. The van der Waals surface area contributed by atoms with Crippen LogP contribution in [0.3, 0.4) is 0 Å². The highest BCUT2D eigenvalue weighted by molar-refractivity contribution is 7.99. The number of aromatic nitrogens is 3. The summed E-state index contributed by atoms with van der Waals surface area (Å²) in [5, 5.41) is 24.8. The van der Waals surface area contributed by atoms with Crippen LogP contribution in [0.25, 0.3) is 16.7 Å². The number of nitrogens with one attached hydrogen (secondary N) is 1. The smallest absolute Gasteiger partial charge is 0.345 e. The maximum Gasteiger partial charge on any atom is 0.345 e. The van der Waals surface area contributed by atoms with E-state index in [0.29, 0.717) is 27.6 Å². The van der Waals surface area contributed by atoms with Crippen LogP contribution in [-0.4, -0.2) is 43.2 Å². The number of thioether (sulfide) groups is 1. The number of benzene rings is 2. The molecule has 0 fully saturated rings. The van der Waals surface area contributed by atoms with Crippen molar-refractivity contribution in [2.24, 2.45) is 0 Å². The quantitative estimate of drug-likeness (QED) is 0.221. The predicted molar refractivity (Wildman–Crippen MR) is 122 cm³/mol. The molecule has 14 heteroatoms. The molecule has 0 radical (unpaired) electrons. The van der Waals surface area contributed by atoms with Crippen molar-refractivity contribution in [1.82, 2.24) is 14.5 Å². The summed E-state index contributed by atoms with van der Waals surface area (Å²) in [5.41, 5.74) is 1.53. The average molecular weight is 486 g/mol. The molecule has 2 heterocycles. The van der Waals surface area contributed by atoms with E-state index in [1.807, 2.05) is 6.07 Å². The minimum Gasteiger partial charge on any atom is -0.495 e. The van der Waals surface area contributed by atoms with Gasteiger partial charge in [-0.05, 0) is 29.5 Å². The number of amides is 1. The Morgan fingerprint density at radius 3 is 2.70 bits per heavy atom. The molecule has 1 amide bonds. The van der Waals surface area contributed by atoms with Crippen LogP contribution in [0, 0.1) is 20.2 Å². The van der Waals surface area contributed by atoms with Crippen molar-refractivity contribution < 1.29 is 19.4 Å². The van der Waals surface area contributed by atoms with E-state index in [0.717, 1.165) is 29.3 Å². The number of nitro benzene ring substituents is 1. The Hall–Kier alpha value is -4.04. The zero-order valence-corrected chi connectivity index (χ0v) is 18.5. The lowest BCUT2D eigenvalue weighted by Gasteiger charge is -2.12. The number of thiazole rings is 1. The van der Waals surface area contributed by atoms with E-state index in [4.69, 9.17) is 4.74 Å². The number of hydrogen-bond donors (Lipinski definition) is 1. The molecular weight excluding hydrogens is 472 g/mol. The molecule has 12 nitrogen and oxygen atoms in total. The number of rotatable bonds is 8. The molecule has 33 heavy (non-hydrogen) atoms. The predicted octanol–water partition coefficient (Wildman–Crippen LogP) is 4.04. The van der Waals surface area contributed by atoms with Gasteiger partial charge in [-0.1, -0.05) is 23.9 Å². The number of anilines is 1. The van der Waals surface area contributed by atoms with Crippen molar-refractivity contribution in [1.29, 1.82) is 0 Å². The maximum absolute atomic E-state index is 12.4. The maximum atomic E-state index is 12.4. The number of carbonyl (C=O) groups excluding carboxylic acids is 1. The highest BCUT2D eigenvalue weighted by Crippen LogP contribution is 2.34. The second kappa shape index (κ2) is 9.22. The van der Waals surface area contributed by atoms with Crippen molar-refractivity contribution in [3.63, 3.8) is 0 Å². The molecule has 0 aliphatic heterocycles. The van der Waals surface area contributed by atoms with Crippen LogP contribution in [0.2, 0.25) is 0 Å². The van der Waals surface area contributed by atoms with Crippen molar-refractivity contribution in [3.8, 4) is 11.4 Å². The molecule has 0 saturated heterocycles. The van der Waals surface area contributed by atoms with E-state index in [2.05, 4.69) is 15.3 Å². The first-order valence-electron chi connectivity index (χ1n) is 9.20. The summed E-state index contributed by atoms with van der Waals surface area (Å²) in [7, 11) is 1.52. The van der Waals surface area contributed by atoms with Crippen LogP contribution in [0.5, 0.6) is 5.75 Å². The van der Waals surface area contributed by atoms with Gasteiger partial charge in [-0.2, -0.15) is 0 Å². The number of carbonyl (C=O) groups is 1. The highest BCUT2D eigenvalue weighted by atomic mass is 32.2. The molecule has 4 rings (SSSR count). The monoisotopic (exact) mass is 486 g/mol. The minimum absolute atomic E-state index is 0.0755. The summed E-state index contributed by atoms with van der Waals surface area (Å²) in [6.45, 7) is 0. The van der Waals surface area contributed by atoms with E-state index in [9.17, 15) is 25.0 Å². The van der Waals surface area contributed by atoms with Gasteiger partial charge in [0.1, 0.15) is 11.9 Å². The molecule has 4 aromatic rings. The minimum atomic E-state index is -0.586. The lowest BCUT2D eigenvalue weighted by molar-refractivity contribution is -0.384. The Labute approximate surface area is 193 Å². The zero-order chi connectivity index (χ0) is 23.5. The SMILES string of the molecule is COc1ccccc1-n1c(SCC(=O)Nc2ncc([N+](=O)[O-])s2)nc2cc([N+](=O)[O-])ccc21. The number of nitro groups is 2. The van der Waals surface area contributed by atoms with Crippen LogP contribution in [0.4, 0.5) is 15.8 Å². The fourth-order valence-corrected chi connectivity index (χ4v) is 4.47. The first-order valence-corrected chi connectivity index (χ1v) is 11.0. The van der Waals surface area contributed by atoms with Crippen LogP contribution in [0.1, 0.15) is 0 Å². The Morgan fingerprint density at radius 2 is 2.00 bits per heavy atom. The Bertz CT molecular complexity index is 1380. The van der Waals surface area contributed by atoms with Crippen LogP contribution in [0.15, 0.2) is 53.8 Å². The second-order valence-corrected chi connectivity index (χ2v) is 8.38. The van der Waals surface area contributed by atoms with Gasteiger partial charge in [0.15, 0.2) is 10.3 Å². The molecule has 0 aliphatic rings. The standard InChI is InChI=1S/C19H14N6O6S2/c1-31-15-5-3-2-4-14(15)23-13-7-6-11(24(27)28)8-12(13)21-19(23)32-10-16(26)22-18-20-9-17(33-18)25(29)30/h2-9H,10H2,1H3,(H,20,22,26). The van der Waals surface area contributed by atoms with Gasteiger partial charge in [0, 0.05) is 12.1 Å². The van der Waals surface area contributed by atoms with Crippen molar-refractivity contribution in [2.45, 2.75) is 5.16 Å². The second-order valence-electron chi connectivity index (χ2n) is 6.43. The van der Waals surface area contributed by atoms with E-state index < -0.39 is 15.8 Å². The fourth-order valence-electron chi connectivity index (χ4n) is 3.00. The number of para-hydroxylation sites is 2. The number of imidazole rings is 1. The summed E-state index contributed by atoms with van der Waals surface area (Å²) in [6, 6.07) is 11.5. The molecule has 2 aromatic carbocycles. The summed E-state index contributed by atoms with van der Waals surface area (Å²) in [6.07, 6.45) is 1.07. The first kappa shape index (κ1) is 22.2. The lowest BCUT2D eigenvalue weighted by atomic mass is 10.2. The van der Waals surface area contributed by atoms with Crippen LogP contribution >= 0.6 is 23.1 Å². The van der Waals surface area contributed by atoms with Crippen molar-refractivity contribution in [3.05, 3.63) is 68.9 Å². The molecule has 0 bridgehead atoms. The number of hydrogen-bond acceptors (Lipinski definition) is 10. The molecule has 2 aromatic heterocycles. The molecule has 0 aliphatic carbocycles. The third-order valence-corrected chi connectivity index (χ3v) is 6.20. The molecule has 0 unspecified atom stereocenters. The third kappa shape index (κ3) is 4.61. The number of methoxy groups -OCH3 is 1. The Morgan fingerprint density at radius 1 is 1.21 bits per heavy atom. The van der Waals surface area contributed by atoms with Gasteiger partial charge in [0.2, 0.25) is 5.91 Å². The molecule has 0 spiro atoms. The van der Waals surface area contributed by atoms with Crippen molar-refractivity contribution in [2.75, 3.05) is 18.2 Å². The molecule has 168 valence electrons. The number of non-ortho nitro benzene ring substituents is 1. The Balaban J connectivity index is 1.66. The van der Waals surface area contributed by atoms with Gasteiger partial charge in [0.05, 0.1) is 39.4 Å². The van der Waals surface area contributed by atoms with Gasteiger partial charge >= 0.3 is 5.00 Å². The van der Waals surface area contributed by atoms with Crippen LogP contribution < -0.4 is 10.1 Å². The van der Waals surface area contributed by atoms with E-state index in [1.165, 1.54) is 19.2 Å². The number of ether oxygens (including phenoxy) is 1. The summed E-state index contributed by atoms with van der Waals surface area (Å²) in [5.74, 6) is 0.0407. The van der Waals surface area contributed by atoms with E-state index in [-0.39, 0.29) is 21.6 Å². The number of fused-ring (bicyclic) bond motifs is 1. The molecular formula is C19H14N6O6S2. The Kier molecular flexibility index (Phi) is 6.19. The first-order chi connectivity index (χ1) is 15.9. The highest BCUT2D eigenvalue weighted by Gasteiger charge is 2.20. The summed E-state index contributed by atoms with van der Waals surface area (Å²) < 4.78 is 7.21. The zero-order valence-electron chi connectivity index (χ0n) is 16.8. The van der Waals surface area contributed by atoms with Crippen molar-refractivity contribution >= 4 is 55.9 Å². The summed E-state index contributed by atoms with van der Waals surface area (Å²) in [4.78, 5) is 41.6. The summed E-state index contributed by atoms with van der Waals surface area (Å²) >= 11 is 1.85. The van der Waals surface area contributed by atoms with Gasteiger partial charge in [-0.3, -0.25) is 29.6 Å². The topological polar surface area (TPSA) is 155 Å². The van der Waals surface area contributed by atoms with Gasteiger partial charge in [-0.25, -0.2) is 9.97 Å². The van der Waals surface area contributed by atoms with E-state index in [1.54, 1.807) is 28.8 Å². The normalized spacial score (nSPS) is 10.8. The van der Waals surface area contributed by atoms with Gasteiger partial charge in [-0.15, -0.1) is 0 Å². The average Bonchev–Trinajstić information content (AvgIpc) is 3.41. The third-order valence-electron chi connectivity index (χ3n) is 4.40. The largest absolute Gasteiger partial charge is 0.495 e. The van der Waals surface area contributed by atoms with Gasteiger partial charge < -0.3 is 10.1 Å². The van der Waals surface area contributed by atoms with Crippen LogP contribution in [-0.2, 0) is 4.79 Å². The number of nitrogens with zero attached hydrogens (tertiary/aromatic N) is 5. The molecule has 1 N–H and O–H groups in total.